The third-order valence-electron chi connectivity index (χ3n) is 3.07. The van der Waals surface area contributed by atoms with Crippen LogP contribution in [-0.4, -0.2) is 35.1 Å². The summed E-state index contributed by atoms with van der Waals surface area (Å²) >= 11 is -1.71. The molecule has 0 heterocycles. The number of rotatable bonds is 6. The molecule has 0 bridgehead atoms. The Kier molecular flexibility index (Phi) is 6.19. The van der Waals surface area contributed by atoms with Gasteiger partial charge in [0.25, 0.3) is 5.91 Å². The molecule has 0 aliphatic rings. The summed E-state index contributed by atoms with van der Waals surface area (Å²) in [6, 6.07) is 12.4. The highest BCUT2D eigenvalue weighted by atomic mass is 32.2. The first-order valence-electron chi connectivity index (χ1n) is 7.06. The lowest BCUT2D eigenvalue weighted by atomic mass is 10.2. The number of carbonyl (C=O) groups is 2. The zero-order valence-electron chi connectivity index (χ0n) is 12.9. The number of hydrogen-bond donors (Lipinski definition) is 4. The van der Waals surface area contributed by atoms with Gasteiger partial charge in [0.05, 0.1) is 16.9 Å². The number of nitrogens with one attached hydrogen (secondary N) is 3. The van der Waals surface area contributed by atoms with Crippen molar-refractivity contribution in [1.82, 2.24) is 10.0 Å². The fourth-order valence-corrected chi connectivity index (χ4v) is 2.89. The topological polar surface area (TPSA) is 114 Å². The summed E-state index contributed by atoms with van der Waals surface area (Å²) in [6.07, 6.45) is 0. The fourth-order valence-electron chi connectivity index (χ4n) is 1.91. The first-order valence-corrected chi connectivity index (χ1v) is 8.21. The maximum absolute atomic E-state index is 12.3. The van der Waals surface area contributed by atoms with Gasteiger partial charge in [-0.05, 0) is 36.4 Å². The van der Waals surface area contributed by atoms with Gasteiger partial charge in [-0.25, -0.2) is 0 Å². The van der Waals surface area contributed by atoms with E-state index in [9.17, 15) is 19.2 Å². The minimum absolute atomic E-state index is 0.0954. The van der Waals surface area contributed by atoms with E-state index >= 15 is 0 Å². The highest BCUT2D eigenvalue weighted by Crippen LogP contribution is 2.15. The molecule has 8 heteroatoms. The van der Waals surface area contributed by atoms with Crippen LogP contribution in [0.2, 0.25) is 0 Å². The van der Waals surface area contributed by atoms with Crippen molar-refractivity contribution < 1.29 is 19.2 Å². The second-order valence-corrected chi connectivity index (χ2v) is 6.03. The van der Waals surface area contributed by atoms with Crippen LogP contribution in [0.1, 0.15) is 10.4 Å². The summed E-state index contributed by atoms with van der Waals surface area (Å²) in [5.41, 5.74) is 0.793. The fraction of sp³-hybridized carbons (Fsp3) is 0.125. The van der Waals surface area contributed by atoms with Gasteiger partial charge in [-0.1, -0.05) is 12.1 Å². The minimum atomic E-state index is -1.71. The summed E-state index contributed by atoms with van der Waals surface area (Å²) < 4.78 is 14.9. The number of phenolic OH excluding ortho intramolecular Hbond substituents is 1. The van der Waals surface area contributed by atoms with Crippen LogP contribution in [0.15, 0.2) is 53.4 Å². The van der Waals surface area contributed by atoms with Crippen LogP contribution in [0.25, 0.3) is 0 Å². The molecule has 2 aromatic carbocycles. The molecule has 0 radical (unpaired) electrons. The van der Waals surface area contributed by atoms with E-state index in [1.165, 1.54) is 19.2 Å². The van der Waals surface area contributed by atoms with E-state index in [1.807, 2.05) is 0 Å². The van der Waals surface area contributed by atoms with E-state index in [-0.39, 0.29) is 23.8 Å². The van der Waals surface area contributed by atoms with Crippen LogP contribution >= 0.6 is 0 Å². The van der Waals surface area contributed by atoms with Gasteiger partial charge in [-0.3, -0.25) is 9.59 Å². The van der Waals surface area contributed by atoms with Gasteiger partial charge in [-0.15, -0.1) is 4.72 Å². The predicted octanol–water partition coefficient (Wildman–Crippen LogP) is 1.00. The van der Waals surface area contributed by atoms with E-state index in [4.69, 9.17) is 0 Å². The van der Waals surface area contributed by atoms with Crippen molar-refractivity contribution >= 4 is 28.9 Å². The van der Waals surface area contributed by atoms with Crippen molar-refractivity contribution in [2.24, 2.45) is 0 Å². The summed E-state index contributed by atoms with van der Waals surface area (Å²) in [6.45, 7) is -0.199. The number of phenols is 1. The highest BCUT2D eigenvalue weighted by molar-refractivity contribution is 7.89. The normalized spacial score (nSPS) is 11.6. The van der Waals surface area contributed by atoms with Crippen LogP contribution in [0.5, 0.6) is 5.75 Å². The number of hydrogen-bond acceptors (Lipinski definition) is 5. The standard InChI is InChI=1S/C16H17N3O4S/c1-17-16(22)13-4-2-3-5-14(13)24(23)18-10-15(21)19-11-6-8-12(20)9-7-11/h2-9,18,20H,10H2,1H3,(H,17,22)(H,19,21). The molecule has 1 atom stereocenters. The Labute approximate surface area is 142 Å². The van der Waals surface area contributed by atoms with Crippen LogP contribution in [0.4, 0.5) is 5.69 Å². The summed E-state index contributed by atoms with van der Waals surface area (Å²) in [4.78, 5) is 23.9. The lowest BCUT2D eigenvalue weighted by Gasteiger charge is -2.13. The molecule has 0 aliphatic carbocycles. The van der Waals surface area contributed by atoms with Gasteiger partial charge in [0.15, 0.2) is 4.90 Å². The van der Waals surface area contributed by atoms with Gasteiger partial charge in [0.1, 0.15) is 12.3 Å². The molecule has 24 heavy (non-hydrogen) atoms. The Morgan fingerprint density at radius 3 is 2.46 bits per heavy atom. The molecular formula is C16H17N3O4S. The molecule has 0 fully saturated rings. The number of amides is 2. The zero-order chi connectivity index (χ0) is 17.5. The number of aromatic hydroxyl groups is 1. The van der Waals surface area contributed by atoms with Crippen LogP contribution in [-0.2, 0) is 16.2 Å². The minimum Gasteiger partial charge on any atom is -0.593 e. The monoisotopic (exact) mass is 347 g/mol. The molecule has 7 nitrogen and oxygen atoms in total. The molecule has 1 unspecified atom stereocenters. The molecular weight excluding hydrogens is 330 g/mol. The highest BCUT2D eigenvalue weighted by Gasteiger charge is 2.21. The lowest BCUT2D eigenvalue weighted by Crippen LogP contribution is -2.34. The van der Waals surface area contributed by atoms with E-state index in [0.717, 1.165) is 0 Å². The first kappa shape index (κ1) is 17.8. The Balaban J connectivity index is 1.95. The Bertz CT molecular complexity index is 722. The Morgan fingerprint density at radius 1 is 1.12 bits per heavy atom. The molecule has 2 amide bonds. The molecule has 0 aliphatic heterocycles. The molecule has 0 saturated heterocycles. The first-order chi connectivity index (χ1) is 11.5. The maximum atomic E-state index is 12.3. The molecule has 2 aromatic rings. The largest absolute Gasteiger partial charge is 0.593 e. The summed E-state index contributed by atoms with van der Waals surface area (Å²) in [5, 5.41) is 14.3. The third-order valence-corrected chi connectivity index (χ3v) is 4.24. The average molecular weight is 347 g/mol. The maximum Gasteiger partial charge on any atom is 0.256 e. The smallest absolute Gasteiger partial charge is 0.256 e. The van der Waals surface area contributed by atoms with Crippen molar-refractivity contribution in [1.29, 1.82) is 0 Å². The summed E-state index contributed by atoms with van der Waals surface area (Å²) in [7, 11) is 1.49. The number of anilines is 1. The predicted molar refractivity (Wildman–Crippen MR) is 91.0 cm³/mol. The van der Waals surface area contributed by atoms with Gasteiger partial charge in [0, 0.05) is 12.7 Å². The van der Waals surface area contributed by atoms with Gasteiger partial charge < -0.3 is 20.3 Å². The molecule has 0 spiro atoms. The third kappa shape index (κ3) is 4.72. The molecule has 0 aromatic heterocycles. The average Bonchev–Trinajstić information content (AvgIpc) is 2.61. The van der Waals surface area contributed by atoms with Crippen molar-refractivity contribution in [3.63, 3.8) is 0 Å². The van der Waals surface area contributed by atoms with Gasteiger partial charge in [-0.2, -0.15) is 0 Å². The van der Waals surface area contributed by atoms with Gasteiger partial charge in [0.2, 0.25) is 5.91 Å². The number of carbonyl (C=O) groups excluding carboxylic acids is 2. The van der Waals surface area contributed by atoms with E-state index in [2.05, 4.69) is 15.4 Å². The zero-order valence-corrected chi connectivity index (χ0v) is 13.7. The van der Waals surface area contributed by atoms with Crippen LogP contribution in [0, 0.1) is 0 Å². The quantitative estimate of drug-likeness (QED) is 0.460. The van der Waals surface area contributed by atoms with Crippen molar-refractivity contribution in [2.75, 3.05) is 18.9 Å². The van der Waals surface area contributed by atoms with Crippen molar-refractivity contribution in [3.8, 4) is 5.75 Å². The molecule has 2 rings (SSSR count). The van der Waals surface area contributed by atoms with E-state index < -0.39 is 17.3 Å². The molecule has 126 valence electrons. The lowest BCUT2D eigenvalue weighted by molar-refractivity contribution is -0.115. The van der Waals surface area contributed by atoms with Crippen molar-refractivity contribution in [2.45, 2.75) is 4.90 Å². The second-order valence-electron chi connectivity index (χ2n) is 4.76. The van der Waals surface area contributed by atoms with Gasteiger partial charge >= 0.3 is 0 Å². The molecule has 0 saturated carbocycles. The van der Waals surface area contributed by atoms with Crippen LogP contribution < -0.4 is 15.4 Å². The Hall–Kier alpha value is -2.55. The number of benzene rings is 2. The SMILES string of the molecule is CNC(=O)c1ccccc1[S+]([O-])NCC(=O)Nc1ccc(O)cc1. The Morgan fingerprint density at radius 2 is 1.79 bits per heavy atom. The van der Waals surface area contributed by atoms with Crippen molar-refractivity contribution in [3.05, 3.63) is 54.1 Å². The summed E-state index contributed by atoms with van der Waals surface area (Å²) in [5.74, 6) is -0.654. The van der Waals surface area contributed by atoms with E-state index in [0.29, 0.717) is 10.6 Å². The molecule has 4 N–H and O–H groups in total. The second kappa shape index (κ2) is 8.34. The van der Waals surface area contributed by atoms with Crippen LogP contribution in [0.3, 0.4) is 0 Å². The van der Waals surface area contributed by atoms with E-state index in [1.54, 1.807) is 36.4 Å².